The first kappa shape index (κ1) is 19.5. The number of carbonyl (C=O) groups is 2. The van der Waals surface area contributed by atoms with Gasteiger partial charge in [-0.25, -0.2) is 13.2 Å². The smallest absolute Gasteiger partial charge is 0.337 e. The van der Waals surface area contributed by atoms with Gasteiger partial charge in [-0.1, -0.05) is 32.9 Å². The van der Waals surface area contributed by atoms with Crippen molar-refractivity contribution in [1.82, 2.24) is 0 Å². The van der Waals surface area contributed by atoms with Crippen LogP contribution in [0, 0.1) is 0 Å². The SMILES string of the molecule is CC(C)(C)c1ccc(NS(=O)(=O)c2cccc(C(N)=O)c2)c(C(=O)O)c1. The van der Waals surface area contributed by atoms with Crippen molar-refractivity contribution in [2.45, 2.75) is 31.1 Å². The number of primary amides is 1. The zero-order chi connectivity index (χ0) is 19.7. The average Bonchev–Trinajstić information content (AvgIpc) is 2.53. The molecule has 1 amide bonds. The highest BCUT2D eigenvalue weighted by molar-refractivity contribution is 7.92. The second-order valence-electron chi connectivity index (χ2n) is 6.81. The standard InChI is InChI=1S/C18H20N2O5S/c1-18(2,3)12-7-8-15(14(10-12)17(22)23)20-26(24,25)13-6-4-5-11(9-13)16(19)21/h4-10,20H,1-3H3,(H2,19,21)(H,22,23). The van der Waals surface area contributed by atoms with Gasteiger partial charge in [-0.2, -0.15) is 0 Å². The first-order valence-electron chi connectivity index (χ1n) is 7.72. The summed E-state index contributed by atoms with van der Waals surface area (Å²) >= 11 is 0. The van der Waals surface area contributed by atoms with Crippen LogP contribution in [0.25, 0.3) is 0 Å². The molecule has 0 heterocycles. The van der Waals surface area contributed by atoms with Crippen molar-refractivity contribution < 1.29 is 23.1 Å². The van der Waals surface area contributed by atoms with Gasteiger partial charge in [0.25, 0.3) is 10.0 Å². The van der Waals surface area contributed by atoms with Crippen LogP contribution in [0.3, 0.4) is 0 Å². The van der Waals surface area contributed by atoms with Crippen molar-refractivity contribution in [2.75, 3.05) is 4.72 Å². The van der Waals surface area contributed by atoms with E-state index in [2.05, 4.69) is 4.72 Å². The molecule has 0 unspecified atom stereocenters. The average molecular weight is 376 g/mol. The van der Waals surface area contributed by atoms with Gasteiger partial charge in [-0.05, 0) is 41.3 Å². The quantitative estimate of drug-likeness (QED) is 0.739. The summed E-state index contributed by atoms with van der Waals surface area (Å²) in [4.78, 5) is 22.6. The van der Waals surface area contributed by atoms with E-state index in [0.29, 0.717) is 0 Å². The van der Waals surface area contributed by atoms with Crippen molar-refractivity contribution in [1.29, 1.82) is 0 Å². The second kappa shape index (κ2) is 6.80. The van der Waals surface area contributed by atoms with Crippen LogP contribution in [0.1, 0.15) is 47.1 Å². The lowest BCUT2D eigenvalue weighted by Gasteiger charge is -2.21. The summed E-state index contributed by atoms with van der Waals surface area (Å²) in [7, 11) is -4.09. The minimum atomic E-state index is -4.09. The fourth-order valence-electron chi connectivity index (χ4n) is 2.30. The molecule has 0 atom stereocenters. The molecule has 8 heteroatoms. The largest absolute Gasteiger partial charge is 0.478 e. The third-order valence-corrected chi connectivity index (χ3v) is 5.15. The van der Waals surface area contributed by atoms with E-state index in [-0.39, 0.29) is 27.1 Å². The molecule has 0 bridgehead atoms. The molecule has 0 radical (unpaired) electrons. The van der Waals surface area contributed by atoms with E-state index in [1.807, 2.05) is 20.8 Å². The number of anilines is 1. The third kappa shape index (κ3) is 4.20. The highest BCUT2D eigenvalue weighted by atomic mass is 32.2. The number of amides is 1. The van der Waals surface area contributed by atoms with Gasteiger partial charge >= 0.3 is 5.97 Å². The Morgan fingerprint density at radius 3 is 2.27 bits per heavy atom. The number of aromatic carboxylic acids is 1. The zero-order valence-corrected chi connectivity index (χ0v) is 15.4. The molecule has 0 aliphatic heterocycles. The Labute approximate surface area is 151 Å². The van der Waals surface area contributed by atoms with Gasteiger partial charge in [-0.15, -0.1) is 0 Å². The van der Waals surface area contributed by atoms with E-state index in [1.54, 1.807) is 6.07 Å². The van der Waals surface area contributed by atoms with Crippen LogP contribution in [-0.2, 0) is 15.4 Å². The van der Waals surface area contributed by atoms with Crippen LogP contribution in [-0.4, -0.2) is 25.4 Å². The molecule has 138 valence electrons. The summed E-state index contributed by atoms with van der Waals surface area (Å²) in [5, 5.41) is 9.44. The number of nitrogens with two attached hydrogens (primary N) is 1. The molecule has 0 saturated carbocycles. The van der Waals surface area contributed by atoms with Crippen LogP contribution >= 0.6 is 0 Å². The number of carboxylic acid groups (broad SMARTS) is 1. The first-order valence-corrected chi connectivity index (χ1v) is 9.20. The number of rotatable bonds is 5. The van der Waals surface area contributed by atoms with Crippen molar-refractivity contribution >= 4 is 27.6 Å². The number of carbonyl (C=O) groups excluding carboxylic acids is 1. The Morgan fingerprint density at radius 1 is 1.08 bits per heavy atom. The predicted octanol–water partition coefficient (Wildman–Crippen LogP) is 2.58. The van der Waals surface area contributed by atoms with Gasteiger partial charge in [0, 0.05) is 5.56 Å². The topological polar surface area (TPSA) is 127 Å². The maximum Gasteiger partial charge on any atom is 0.337 e. The maximum atomic E-state index is 12.6. The Hall–Kier alpha value is -2.87. The lowest BCUT2D eigenvalue weighted by molar-refractivity contribution is 0.0697. The predicted molar refractivity (Wildman–Crippen MR) is 97.9 cm³/mol. The molecule has 0 spiro atoms. The second-order valence-corrected chi connectivity index (χ2v) is 8.50. The van der Waals surface area contributed by atoms with Crippen LogP contribution in [0.5, 0.6) is 0 Å². The molecule has 0 aliphatic rings. The van der Waals surface area contributed by atoms with E-state index < -0.39 is 21.9 Å². The molecule has 2 aromatic rings. The van der Waals surface area contributed by atoms with E-state index in [4.69, 9.17) is 5.73 Å². The molecule has 0 saturated heterocycles. The van der Waals surface area contributed by atoms with Crippen molar-refractivity contribution in [2.24, 2.45) is 5.73 Å². The molecular formula is C18H20N2O5S. The van der Waals surface area contributed by atoms with E-state index >= 15 is 0 Å². The minimum Gasteiger partial charge on any atom is -0.478 e. The summed E-state index contributed by atoms with van der Waals surface area (Å²) in [6.07, 6.45) is 0. The van der Waals surface area contributed by atoms with Gasteiger partial charge in [-0.3, -0.25) is 9.52 Å². The summed E-state index contributed by atoms with van der Waals surface area (Å²) < 4.78 is 27.4. The molecule has 4 N–H and O–H groups in total. The number of carboxylic acids is 1. The Balaban J connectivity index is 2.48. The number of sulfonamides is 1. The number of hydrogen-bond acceptors (Lipinski definition) is 4. The monoisotopic (exact) mass is 376 g/mol. The molecule has 2 rings (SSSR count). The van der Waals surface area contributed by atoms with E-state index in [1.165, 1.54) is 30.3 Å². The molecule has 7 nitrogen and oxygen atoms in total. The Morgan fingerprint density at radius 2 is 1.73 bits per heavy atom. The van der Waals surface area contributed by atoms with Crippen molar-refractivity contribution in [3.63, 3.8) is 0 Å². The molecular weight excluding hydrogens is 356 g/mol. The minimum absolute atomic E-state index is 0.0365. The Bertz CT molecular complexity index is 975. The summed E-state index contributed by atoms with van der Waals surface area (Å²) in [6.45, 7) is 5.77. The molecule has 2 aromatic carbocycles. The highest BCUT2D eigenvalue weighted by Gasteiger charge is 2.22. The lowest BCUT2D eigenvalue weighted by Crippen LogP contribution is -2.18. The first-order chi connectivity index (χ1) is 11.9. The lowest BCUT2D eigenvalue weighted by atomic mass is 9.86. The number of hydrogen-bond donors (Lipinski definition) is 3. The summed E-state index contributed by atoms with van der Waals surface area (Å²) in [6, 6.07) is 9.73. The van der Waals surface area contributed by atoms with Gasteiger partial charge in [0.2, 0.25) is 5.91 Å². The van der Waals surface area contributed by atoms with Crippen LogP contribution < -0.4 is 10.5 Å². The zero-order valence-electron chi connectivity index (χ0n) is 14.6. The summed E-state index contributed by atoms with van der Waals surface area (Å²) in [5.74, 6) is -2.01. The molecule has 26 heavy (non-hydrogen) atoms. The number of nitrogens with one attached hydrogen (secondary N) is 1. The van der Waals surface area contributed by atoms with E-state index in [9.17, 15) is 23.1 Å². The van der Waals surface area contributed by atoms with E-state index in [0.717, 1.165) is 11.6 Å². The van der Waals surface area contributed by atoms with Gasteiger partial charge in [0.05, 0.1) is 16.1 Å². The van der Waals surface area contributed by atoms with Gasteiger partial charge in [0.1, 0.15) is 0 Å². The fraction of sp³-hybridized carbons (Fsp3) is 0.222. The fourth-order valence-corrected chi connectivity index (χ4v) is 3.42. The van der Waals surface area contributed by atoms with Crippen LogP contribution in [0.4, 0.5) is 5.69 Å². The Kier molecular flexibility index (Phi) is 5.09. The van der Waals surface area contributed by atoms with Gasteiger partial charge in [0.15, 0.2) is 0 Å². The third-order valence-electron chi connectivity index (χ3n) is 3.79. The molecule has 0 fully saturated rings. The normalized spacial score (nSPS) is 11.8. The highest BCUT2D eigenvalue weighted by Crippen LogP contribution is 2.28. The van der Waals surface area contributed by atoms with Gasteiger partial charge < -0.3 is 10.8 Å². The van der Waals surface area contributed by atoms with Crippen molar-refractivity contribution in [3.05, 3.63) is 59.2 Å². The van der Waals surface area contributed by atoms with Crippen LogP contribution in [0.2, 0.25) is 0 Å². The molecule has 0 aromatic heterocycles. The maximum absolute atomic E-state index is 12.6. The number of benzene rings is 2. The summed E-state index contributed by atoms with van der Waals surface area (Å²) in [5.41, 5.74) is 5.45. The molecule has 0 aliphatic carbocycles. The van der Waals surface area contributed by atoms with Crippen molar-refractivity contribution in [3.8, 4) is 0 Å². The van der Waals surface area contributed by atoms with Crippen LogP contribution in [0.15, 0.2) is 47.4 Å².